The van der Waals surface area contributed by atoms with E-state index in [0.29, 0.717) is 0 Å². The van der Waals surface area contributed by atoms with Gasteiger partial charge in [0.05, 0.1) is 0 Å². The largest absolute Gasteiger partial charge is 0.399 e. The second kappa shape index (κ2) is 2.61. The van der Waals surface area contributed by atoms with Crippen molar-refractivity contribution in [2.45, 2.75) is 6.42 Å². The van der Waals surface area contributed by atoms with Crippen molar-refractivity contribution in [1.82, 2.24) is 0 Å². The minimum atomic E-state index is 0.836. The van der Waals surface area contributed by atoms with Gasteiger partial charge in [-0.25, -0.2) is 0 Å². The molecule has 1 aliphatic carbocycles. The van der Waals surface area contributed by atoms with Gasteiger partial charge in [0.2, 0.25) is 0 Å². The van der Waals surface area contributed by atoms with Gasteiger partial charge in [-0.2, -0.15) is 0 Å². The molecule has 0 radical (unpaired) electrons. The van der Waals surface area contributed by atoms with Gasteiger partial charge in [0.25, 0.3) is 0 Å². The maximum atomic E-state index is 5.75. The lowest BCUT2D eigenvalue weighted by Gasteiger charge is -2.03. The Morgan fingerprint density at radius 1 is 1.00 bits per heavy atom. The molecule has 0 saturated carbocycles. The van der Waals surface area contributed by atoms with Gasteiger partial charge in [-0.3, -0.25) is 0 Å². The Balaban J connectivity index is 2.36. The first kappa shape index (κ1) is 7.63. The molecule has 0 heterocycles. The first-order valence-corrected chi connectivity index (χ1v) is 4.82. The number of hydrogen-bond donors (Lipinski definition) is 1. The van der Waals surface area contributed by atoms with Crippen molar-refractivity contribution in [2.24, 2.45) is 0 Å². The van der Waals surface area contributed by atoms with E-state index in [1.807, 2.05) is 12.1 Å². The molecule has 0 spiro atoms. The number of nitrogen functional groups attached to an aromatic ring is 1. The van der Waals surface area contributed by atoms with Crippen molar-refractivity contribution in [3.63, 3.8) is 0 Å². The van der Waals surface area contributed by atoms with Crippen molar-refractivity contribution in [3.05, 3.63) is 47.5 Å². The summed E-state index contributed by atoms with van der Waals surface area (Å²) in [6, 6.07) is 10.5. The monoisotopic (exact) mass is 181 g/mol. The fraction of sp³-hybridized carbons (Fsp3) is 0.0769. The Kier molecular flexibility index (Phi) is 1.42. The molecule has 2 N–H and O–H groups in total. The predicted octanol–water partition coefficient (Wildman–Crippen LogP) is 2.99. The second-order valence-corrected chi connectivity index (χ2v) is 3.76. The van der Waals surface area contributed by atoms with Crippen LogP contribution in [0, 0.1) is 0 Å². The highest BCUT2D eigenvalue weighted by molar-refractivity contribution is 5.89. The molecule has 1 heteroatoms. The fourth-order valence-electron chi connectivity index (χ4n) is 2.03. The summed E-state index contributed by atoms with van der Waals surface area (Å²) in [5.74, 6) is 0. The lowest BCUT2D eigenvalue weighted by atomic mass is 10.0. The fourth-order valence-corrected chi connectivity index (χ4v) is 2.03. The molecule has 0 saturated heterocycles. The number of hydrogen-bond acceptors (Lipinski definition) is 1. The molecule has 3 rings (SSSR count). The maximum absolute atomic E-state index is 5.75. The van der Waals surface area contributed by atoms with Crippen LogP contribution in [0.3, 0.4) is 0 Å². The van der Waals surface area contributed by atoms with Gasteiger partial charge in [-0.15, -0.1) is 0 Å². The molecular formula is C13H11N. The van der Waals surface area contributed by atoms with Gasteiger partial charge in [-0.1, -0.05) is 24.3 Å². The lowest BCUT2D eigenvalue weighted by Crippen LogP contribution is -1.86. The SMILES string of the molecule is Nc1ccc2cc3c(cc2c1)CC=C3. The lowest BCUT2D eigenvalue weighted by molar-refractivity contribution is 1.32. The van der Waals surface area contributed by atoms with E-state index in [-0.39, 0.29) is 0 Å². The summed E-state index contributed by atoms with van der Waals surface area (Å²) >= 11 is 0. The second-order valence-electron chi connectivity index (χ2n) is 3.76. The average Bonchev–Trinajstić information content (AvgIpc) is 2.61. The van der Waals surface area contributed by atoms with Crippen molar-refractivity contribution in [1.29, 1.82) is 0 Å². The molecule has 2 aromatic rings. The van der Waals surface area contributed by atoms with Crippen LogP contribution in [0.15, 0.2) is 36.4 Å². The average molecular weight is 181 g/mol. The van der Waals surface area contributed by atoms with E-state index in [4.69, 9.17) is 5.73 Å². The van der Waals surface area contributed by atoms with Crippen LogP contribution in [-0.2, 0) is 6.42 Å². The van der Waals surface area contributed by atoms with Gasteiger partial charge in [0.15, 0.2) is 0 Å². The van der Waals surface area contributed by atoms with Crippen molar-refractivity contribution in [3.8, 4) is 0 Å². The number of nitrogens with two attached hydrogens (primary N) is 1. The normalized spacial score (nSPS) is 13.4. The highest BCUT2D eigenvalue weighted by Crippen LogP contribution is 2.26. The van der Waals surface area contributed by atoms with Gasteiger partial charge in [-0.05, 0) is 46.5 Å². The Morgan fingerprint density at radius 2 is 1.93 bits per heavy atom. The van der Waals surface area contributed by atoms with Gasteiger partial charge < -0.3 is 5.73 Å². The number of anilines is 1. The zero-order valence-electron chi connectivity index (χ0n) is 7.83. The van der Waals surface area contributed by atoms with Crippen LogP contribution in [0.4, 0.5) is 5.69 Å². The Bertz CT molecular complexity index is 538. The Hall–Kier alpha value is -1.76. The summed E-state index contributed by atoms with van der Waals surface area (Å²) in [7, 11) is 0. The van der Waals surface area contributed by atoms with E-state index in [9.17, 15) is 0 Å². The molecule has 1 nitrogen and oxygen atoms in total. The Labute approximate surface area is 82.9 Å². The third-order valence-electron chi connectivity index (χ3n) is 2.76. The van der Waals surface area contributed by atoms with Crippen molar-refractivity contribution < 1.29 is 0 Å². The zero-order chi connectivity index (χ0) is 9.54. The third-order valence-corrected chi connectivity index (χ3v) is 2.76. The van der Waals surface area contributed by atoms with Gasteiger partial charge in [0.1, 0.15) is 0 Å². The van der Waals surface area contributed by atoms with Crippen LogP contribution in [0.5, 0.6) is 0 Å². The summed E-state index contributed by atoms with van der Waals surface area (Å²) in [6.07, 6.45) is 5.44. The number of rotatable bonds is 0. The molecule has 2 aromatic carbocycles. The first-order chi connectivity index (χ1) is 6.83. The van der Waals surface area contributed by atoms with Crippen LogP contribution in [-0.4, -0.2) is 0 Å². The minimum Gasteiger partial charge on any atom is -0.399 e. The summed E-state index contributed by atoms with van der Waals surface area (Å²) in [5, 5.41) is 2.51. The van der Waals surface area contributed by atoms with Crippen molar-refractivity contribution >= 4 is 22.5 Å². The predicted molar refractivity (Wildman–Crippen MR) is 61.1 cm³/mol. The molecule has 68 valence electrons. The smallest absolute Gasteiger partial charge is 0.0320 e. The van der Waals surface area contributed by atoms with Crippen LogP contribution in [0.1, 0.15) is 11.1 Å². The topological polar surface area (TPSA) is 26.0 Å². The first-order valence-electron chi connectivity index (χ1n) is 4.82. The molecule has 0 unspecified atom stereocenters. The molecular weight excluding hydrogens is 170 g/mol. The van der Waals surface area contributed by atoms with Crippen molar-refractivity contribution in [2.75, 3.05) is 5.73 Å². The van der Waals surface area contributed by atoms with E-state index in [2.05, 4.69) is 30.4 Å². The molecule has 0 aromatic heterocycles. The van der Waals surface area contributed by atoms with Crippen LogP contribution < -0.4 is 5.73 Å². The van der Waals surface area contributed by atoms with E-state index in [1.54, 1.807) is 0 Å². The third kappa shape index (κ3) is 1.02. The van der Waals surface area contributed by atoms with E-state index in [1.165, 1.54) is 21.9 Å². The highest BCUT2D eigenvalue weighted by Gasteiger charge is 2.06. The molecule has 0 amide bonds. The summed E-state index contributed by atoms with van der Waals surface area (Å²) in [5.41, 5.74) is 9.34. The van der Waals surface area contributed by atoms with Crippen LogP contribution >= 0.6 is 0 Å². The quantitative estimate of drug-likeness (QED) is 0.621. The molecule has 1 aliphatic rings. The number of benzene rings is 2. The van der Waals surface area contributed by atoms with Gasteiger partial charge in [0, 0.05) is 5.69 Å². The molecule has 0 bridgehead atoms. The van der Waals surface area contributed by atoms with E-state index in [0.717, 1.165) is 12.1 Å². The summed E-state index contributed by atoms with van der Waals surface area (Å²) in [4.78, 5) is 0. The minimum absolute atomic E-state index is 0.836. The van der Waals surface area contributed by atoms with Crippen LogP contribution in [0.25, 0.3) is 16.8 Å². The molecule has 0 fully saturated rings. The van der Waals surface area contributed by atoms with Crippen LogP contribution in [0.2, 0.25) is 0 Å². The van der Waals surface area contributed by atoms with Gasteiger partial charge >= 0.3 is 0 Å². The Morgan fingerprint density at radius 3 is 2.86 bits per heavy atom. The standard InChI is InChI=1S/C13H11N/c14-13-5-4-11-6-9-2-1-3-10(9)7-12(11)8-13/h1-2,4-8H,3,14H2. The zero-order valence-corrected chi connectivity index (χ0v) is 7.83. The molecule has 0 aliphatic heterocycles. The molecule has 14 heavy (non-hydrogen) atoms. The maximum Gasteiger partial charge on any atom is 0.0320 e. The number of allylic oxidation sites excluding steroid dienone is 1. The highest BCUT2D eigenvalue weighted by atomic mass is 14.5. The molecule has 0 atom stereocenters. The summed E-state index contributed by atoms with van der Waals surface area (Å²) < 4.78 is 0. The van der Waals surface area contributed by atoms with E-state index < -0.39 is 0 Å². The summed E-state index contributed by atoms with van der Waals surface area (Å²) in [6.45, 7) is 0. The number of fused-ring (bicyclic) bond motifs is 2. The van der Waals surface area contributed by atoms with E-state index >= 15 is 0 Å².